The van der Waals surface area contributed by atoms with E-state index in [-0.39, 0.29) is 10.7 Å². The van der Waals surface area contributed by atoms with Crippen LogP contribution in [-0.2, 0) is 0 Å². The number of pyridine rings is 1. The van der Waals surface area contributed by atoms with Gasteiger partial charge < -0.3 is 15.3 Å². The molecule has 1 aromatic rings. The molecule has 104 valence electrons. The van der Waals surface area contributed by atoms with E-state index in [1.165, 1.54) is 0 Å². The van der Waals surface area contributed by atoms with Crippen LogP contribution in [0.4, 0.5) is 5.82 Å². The number of hydrogen-bond donors (Lipinski definition) is 2. The van der Waals surface area contributed by atoms with E-state index in [1.54, 1.807) is 12.1 Å². The van der Waals surface area contributed by atoms with Crippen molar-refractivity contribution < 1.29 is 9.90 Å². The molecule has 2 rings (SSSR count). The Balaban J connectivity index is 2.07. The quantitative estimate of drug-likeness (QED) is 0.891. The molecule has 0 saturated carbocycles. The average molecular weight is 284 g/mol. The summed E-state index contributed by atoms with van der Waals surface area (Å²) in [6.07, 6.45) is 2.04. The second-order valence-electron chi connectivity index (χ2n) is 5.03. The molecular formula is C13H18ClN3O2. The summed E-state index contributed by atoms with van der Waals surface area (Å²) in [7, 11) is 2.12. The lowest BCUT2D eigenvalue weighted by molar-refractivity contribution is 0.0691. The van der Waals surface area contributed by atoms with Crippen molar-refractivity contribution in [3.63, 3.8) is 0 Å². The number of rotatable bonds is 3. The van der Waals surface area contributed by atoms with Crippen LogP contribution in [0.2, 0.25) is 5.02 Å². The van der Waals surface area contributed by atoms with Crippen molar-refractivity contribution >= 4 is 23.4 Å². The van der Waals surface area contributed by atoms with Crippen LogP contribution in [0.1, 0.15) is 30.3 Å². The van der Waals surface area contributed by atoms with Gasteiger partial charge in [0.25, 0.3) is 0 Å². The second kappa shape index (κ2) is 5.75. The van der Waals surface area contributed by atoms with E-state index in [1.807, 2.05) is 0 Å². The third-order valence-electron chi connectivity index (χ3n) is 3.61. The molecule has 2 unspecified atom stereocenters. The van der Waals surface area contributed by atoms with Gasteiger partial charge >= 0.3 is 5.97 Å². The molecule has 2 heterocycles. The molecule has 0 bridgehead atoms. The minimum absolute atomic E-state index is 0.104. The number of halogens is 1. The van der Waals surface area contributed by atoms with Crippen molar-refractivity contribution in [1.82, 2.24) is 9.88 Å². The number of carboxylic acids is 1. The molecule has 6 heteroatoms. The van der Waals surface area contributed by atoms with Gasteiger partial charge in [-0.2, -0.15) is 0 Å². The summed E-state index contributed by atoms with van der Waals surface area (Å²) in [4.78, 5) is 17.3. The number of hydrogen-bond acceptors (Lipinski definition) is 4. The fourth-order valence-electron chi connectivity index (χ4n) is 2.30. The first-order valence-electron chi connectivity index (χ1n) is 6.34. The smallest absolute Gasteiger partial charge is 0.356 e. The number of aromatic carboxylic acids is 1. The normalized spacial score (nSPS) is 24.2. The molecule has 0 aromatic carbocycles. The van der Waals surface area contributed by atoms with Gasteiger partial charge in [-0.05, 0) is 38.9 Å². The molecular weight excluding hydrogens is 266 g/mol. The lowest BCUT2D eigenvalue weighted by Crippen LogP contribution is -2.42. The van der Waals surface area contributed by atoms with Crippen LogP contribution in [0.15, 0.2) is 12.1 Å². The van der Waals surface area contributed by atoms with Crippen molar-refractivity contribution in [1.29, 1.82) is 0 Å². The zero-order valence-corrected chi connectivity index (χ0v) is 11.8. The third kappa shape index (κ3) is 3.36. The number of nitrogens with zero attached hydrogens (tertiary/aromatic N) is 2. The fourth-order valence-corrected chi connectivity index (χ4v) is 2.49. The maximum atomic E-state index is 11.0. The van der Waals surface area contributed by atoms with E-state index in [0.29, 0.717) is 17.9 Å². The minimum Gasteiger partial charge on any atom is -0.476 e. The number of carboxylic acid groups (broad SMARTS) is 1. The van der Waals surface area contributed by atoms with Gasteiger partial charge in [-0.3, -0.25) is 0 Å². The first kappa shape index (κ1) is 14.1. The predicted octanol–water partition coefficient (Wildman–Crippen LogP) is 2.33. The van der Waals surface area contributed by atoms with Gasteiger partial charge in [0.15, 0.2) is 5.69 Å². The zero-order valence-electron chi connectivity index (χ0n) is 11.1. The summed E-state index contributed by atoms with van der Waals surface area (Å²) >= 11 is 5.80. The van der Waals surface area contributed by atoms with Gasteiger partial charge in [-0.1, -0.05) is 11.6 Å². The summed E-state index contributed by atoms with van der Waals surface area (Å²) in [5, 5.41) is 12.4. The van der Waals surface area contributed by atoms with Gasteiger partial charge in [0.1, 0.15) is 5.82 Å². The molecule has 5 nitrogen and oxygen atoms in total. The summed E-state index contributed by atoms with van der Waals surface area (Å²) in [6, 6.07) is 4.12. The number of piperidine rings is 1. The maximum absolute atomic E-state index is 11.0. The minimum atomic E-state index is -1.11. The molecule has 1 aliphatic rings. The Morgan fingerprint density at radius 3 is 2.95 bits per heavy atom. The van der Waals surface area contributed by atoms with E-state index in [2.05, 4.69) is 29.2 Å². The molecule has 0 aliphatic carbocycles. The van der Waals surface area contributed by atoms with Crippen molar-refractivity contribution in [2.24, 2.45) is 0 Å². The Hall–Kier alpha value is -1.33. The van der Waals surface area contributed by atoms with Crippen LogP contribution in [-0.4, -0.2) is 46.6 Å². The van der Waals surface area contributed by atoms with Gasteiger partial charge in [-0.15, -0.1) is 0 Å². The molecule has 1 aromatic heterocycles. The number of aromatic nitrogens is 1. The number of anilines is 1. The largest absolute Gasteiger partial charge is 0.476 e. The summed E-state index contributed by atoms with van der Waals surface area (Å²) in [5.41, 5.74) is -0.104. The second-order valence-corrected chi connectivity index (χ2v) is 5.43. The topological polar surface area (TPSA) is 65.5 Å². The highest BCUT2D eigenvalue weighted by Crippen LogP contribution is 2.21. The molecule has 2 atom stereocenters. The molecule has 0 radical (unpaired) electrons. The predicted molar refractivity (Wildman–Crippen MR) is 74.9 cm³/mol. The highest BCUT2D eigenvalue weighted by atomic mass is 35.5. The van der Waals surface area contributed by atoms with E-state index < -0.39 is 5.97 Å². The van der Waals surface area contributed by atoms with Crippen molar-refractivity contribution in [3.8, 4) is 0 Å². The monoisotopic (exact) mass is 283 g/mol. The lowest BCUT2D eigenvalue weighted by Gasteiger charge is -2.35. The van der Waals surface area contributed by atoms with Gasteiger partial charge in [0, 0.05) is 18.6 Å². The molecule has 19 heavy (non-hydrogen) atoms. The fraction of sp³-hybridized carbons (Fsp3) is 0.538. The van der Waals surface area contributed by atoms with Crippen LogP contribution < -0.4 is 5.32 Å². The van der Waals surface area contributed by atoms with E-state index in [4.69, 9.17) is 16.7 Å². The molecule has 2 N–H and O–H groups in total. The van der Waals surface area contributed by atoms with Crippen LogP contribution in [0, 0.1) is 0 Å². The van der Waals surface area contributed by atoms with E-state index in [9.17, 15) is 4.79 Å². The van der Waals surface area contributed by atoms with E-state index in [0.717, 1.165) is 19.4 Å². The Bertz CT molecular complexity index is 481. The molecule has 0 spiro atoms. The Labute approximate surface area is 117 Å². The zero-order chi connectivity index (χ0) is 14.0. The Kier molecular flexibility index (Phi) is 4.27. The van der Waals surface area contributed by atoms with Crippen LogP contribution in [0.25, 0.3) is 0 Å². The first-order valence-corrected chi connectivity index (χ1v) is 6.71. The van der Waals surface area contributed by atoms with Gasteiger partial charge in [0.2, 0.25) is 0 Å². The van der Waals surface area contributed by atoms with E-state index >= 15 is 0 Å². The third-order valence-corrected chi connectivity index (χ3v) is 3.91. The number of likely N-dealkylation sites (tertiary alicyclic amines) is 1. The van der Waals surface area contributed by atoms with Gasteiger partial charge in [-0.25, -0.2) is 9.78 Å². The average Bonchev–Trinajstić information content (AvgIpc) is 2.36. The van der Waals surface area contributed by atoms with Crippen LogP contribution >= 0.6 is 11.6 Å². The molecule has 0 amide bonds. The Morgan fingerprint density at radius 1 is 1.58 bits per heavy atom. The molecule has 1 fully saturated rings. The number of nitrogens with one attached hydrogen (secondary N) is 1. The van der Waals surface area contributed by atoms with Crippen LogP contribution in [0.3, 0.4) is 0 Å². The highest BCUT2D eigenvalue weighted by Gasteiger charge is 2.23. The SMILES string of the molecule is CC1CC(Nc2ccc(Cl)c(C(=O)O)n2)CCN1C. The Morgan fingerprint density at radius 2 is 2.32 bits per heavy atom. The highest BCUT2D eigenvalue weighted by molar-refractivity contribution is 6.33. The number of carbonyl (C=O) groups is 1. The molecule has 1 saturated heterocycles. The van der Waals surface area contributed by atoms with Crippen LogP contribution in [0.5, 0.6) is 0 Å². The van der Waals surface area contributed by atoms with Crippen molar-refractivity contribution in [2.75, 3.05) is 18.9 Å². The summed E-state index contributed by atoms with van der Waals surface area (Å²) in [6.45, 7) is 3.21. The first-order chi connectivity index (χ1) is 8.97. The summed E-state index contributed by atoms with van der Waals surface area (Å²) in [5.74, 6) is -0.533. The standard InChI is InChI=1S/C13H18ClN3O2/c1-8-7-9(5-6-17(8)2)15-11-4-3-10(14)12(16-11)13(18)19/h3-4,8-9H,5-7H2,1-2H3,(H,15,16)(H,18,19). The lowest BCUT2D eigenvalue weighted by atomic mass is 9.99. The van der Waals surface area contributed by atoms with Crippen molar-refractivity contribution in [2.45, 2.75) is 31.8 Å². The summed E-state index contributed by atoms with van der Waals surface area (Å²) < 4.78 is 0. The van der Waals surface area contributed by atoms with Gasteiger partial charge in [0.05, 0.1) is 5.02 Å². The van der Waals surface area contributed by atoms with Crippen molar-refractivity contribution in [3.05, 3.63) is 22.8 Å². The molecule has 1 aliphatic heterocycles. The maximum Gasteiger partial charge on any atom is 0.356 e.